The van der Waals surface area contributed by atoms with Crippen LogP contribution >= 0.6 is 0 Å². The zero-order chi connectivity index (χ0) is 15.8. The van der Waals surface area contributed by atoms with Gasteiger partial charge in [0.25, 0.3) is 0 Å². The van der Waals surface area contributed by atoms with Crippen molar-refractivity contribution in [2.45, 2.75) is 26.3 Å². The lowest BCUT2D eigenvalue weighted by Gasteiger charge is -2.25. The second kappa shape index (κ2) is 5.32. The van der Waals surface area contributed by atoms with Crippen molar-refractivity contribution < 1.29 is 19.6 Å². The quantitative estimate of drug-likeness (QED) is 0.609. The highest BCUT2D eigenvalue weighted by atomic mass is 16.6. The largest absolute Gasteiger partial charge is 0.481 e. The summed E-state index contributed by atoms with van der Waals surface area (Å²) in [7, 11) is 1.59. The number of nitrogens with one attached hydrogen (secondary N) is 1. The first-order valence-corrected chi connectivity index (χ1v) is 6.59. The van der Waals surface area contributed by atoms with Crippen LogP contribution in [0.1, 0.15) is 19.5 Å². The molecule has 9 nitrogen and oxygen atoms in total. The molecule has 21 heavy (non-hydrogen) atoms. The Labute approximate surface area is 121 Å². The molecule has 1 aromatic heterocycles. The summed E-state index contributed by atoms with van der Waals surface area (Å²) >= 11 is 0. The van der Waals surface area contributed by atoms with Crippen molar-refractivity contribution in [2.24, 2.45) is 12.5 Å². The van der Waals surface area contributed by atoms with Gasteiger partial charge >= 0.3 is 11.7 Å². The highest BCUT2D eigenvalue weighted by Gasteiger charge is 2.47. The Bertz CT molecular complexity index is 584. The molecule has 9 heteroatoms. The molecular weight excluding hydrogens is 280 g/mol. The van der Waals surface area contributed by atoms with Crippen LogP contribution in [0.25, 0.3) is 0 Å². The molecule has 0 radical (unpaired) electrons. The monoisotopic (exact) mass is 298 g/mol. The number of rotatable bonds is 5. The Morgan fingerprint density at radius 1 is 1.71 bits per heavy atom. The number of anilines is 1. The van der Waals surface area contributed by atoms with Crippen molar-refractivity contribution in [3.8, 4) is 0 Å². The third kappa shape index (κ3) is 2.44. The summed E-state index contributed by atoms with van der Waals surface area (Å²) in [5, 5.41) is 27.6. The number of aliphatic carboxylic acids is 1. The van der Waals surface area contributed by atoms with Crippen LogP contribution in [-0.2, 0) is 23.0 Å². The van der Waals surface area contributed by atoms with E-state index >= 15 is 0 Å². The Kier molecular flexibility index (Phi) is 3.86. The Balaban J connectivity index is 2.38. The Hall–Kier alpha value is -2.16. The molecule has 1 aliphatic rings. The van der Waals surface area contributed by atoms with Gasteiger partial charge in [-0.15, -0.1) is 0 Å². The fraction of sp³-hybridized carbons (Fsp3) is 0.667. The van der Waals surface area contributed by atoms with Crippen LogP contribution in [0.5, 0.6) is 0 Å². The van der Waals surface area contributed by atoms with Crippen molar-refractivity contribution in [2.75, 3.05) is 18.5 Å². The maximum absolute atomic E-state index is 11.4. The molecule has 116 valence electrons. The molecule has 2 unspecified atom stereocenters. The number of hydrogen-bond acceptors (Lipinski definition) is 6. The fourth-order valence-corrected chi connectivity index (χ4v) is 2.41. The van der Waals surface area contributed by atoms with E-state index in [4.69, 9.17) is 4.74 Å². The van der Waals surface area contributed by atoms with E-state index in [0.29, 0.717) is 12.1 Å². The van der Waals surface area contributed by atoms with Gasteiger partial charge in [-0.1, -0.05) is 6.92 Å². The van der Waals surface area contributed by atoms with Crippen molar-refractivity contribution in [3.05, 3.63) is 15.8 Å². The average molecular weight is 298 g/mol. The summed E-state index contributed by atoms with van der Waals surface area (Å²) in [5.41, 5.74) is -0.884. The van der Waals surface area contributed by atoms with Crippen molar-refractivity contribution in [1.29, 1.82) is 0 Å². The van der Waals surface area contributed by atoms with Gasteiger partial charge in [-0.2, -0.15) is 5.10 Å². The molecule has 0 saturated carbocycles. The molecule has 1 saturated heterocycles. The number of carboxylic acid groups (broad SMARTS) is 1. The van der Waals surface area contributed by atoms with E-state index in [0.717, 1.165) is 0 Å². The number of nitrogens with zero attached hydrogens (tertiary/aromatic N) is 3. The topological polar surface area (TPSA) is 120 Å². The van der Waals surface area contributed by atoms with Gasteiger partial charge in [0.05, 0.1) is 24.2 Å². The average Bonchev–Trinajstić information content (AvgIpc) is 2.93. The second-order valence-corrected chi connectivity index (χ2v) is 5.31. The Morgan fingerprint density at radius 2 is 2.38 bits per heavy atom. The molecule has 2 heterocycles. The molecule has 1 aliphatic heterocycles. The predicted octanol–water partition coefficient (Wildman–Crippen LogP) is 0.792. The summed E-state index contributed by atoms with van der Waals surface area (Å²) in [6.07, 6.45) is 0.420. The third-order valence-corrected chi connectivity index (χ3v) is 3.86. The lowest BCUT2D eigenvalue weighted by atomic mass is 9.85. The normalized spacial score (nSPS) is 25.0. The molecule has 1 aromatic rings. The van der Waals surface area contributed by atoms with E-state index < -0.39 is 22.3 Å². The summed E-state index contributed by atoms with van der Waals surface area (Å²) in [6.45, 7) is 3.57. The van der Waals surface area contributed by atoms with Gasteiger partial charge in [-0.05, 0) is 13.3 Å². The fourth-order valence-electron chi connectivity index (χ4n) is 2.41. The molecule has 2 rings (SSSR count). The van der Waals surface area contributed by atoms with E-state index in [1.54, 1.807) is 20.9 Å². The highest BCUT2D eigenvalue weighted by molar-refractivity contribution is 5.77. The van der Waals surface area contributed by atoms with Crippen molar-refractivity contribution >= 4 is 17.5 Å². The summed E-state index contributed by atoms with van der Waals surface area (Å²) in [5.74, 6) is -0.794. The lowest BCUT2D eigenvalue weighted by Crippen LogP contribution is -2.43. The Morgan fingerprint density at radius 3 is 2.90 bits per heavy atom. The molecule has 1 fully saturated rings. The van der Waals surface area contributed by atoms with E-state index in [1.165, 1.54) is 4.68 Å². The highest BCUT2D eigenvalue weighted by Crippen LogP contribution is 2.35. The first-order chi connectivity index (χ1) is 9.81. The minimum atomic E-state index is -1.13. The number of carbonyl (C=O) groups is 1. The summed E-state index contributed by atoms with van der Waals surface area (Å²) < 4.78 is 6.61. The molecule has 0 aromatic carbocycles. The van der Waals surface area contributed by atoms with Gasteiger partial charge in [0.1, 0.15) is 11.1 Å². The summed E-state index contributed by atoms with van der Waals surface area (Å²) in [4.78, 5) is 22.2. The molecule has 0 spiro atoms. The van der Waals surface area contributed by atoms with E-state index in [1.807, 2.05) is 0 Å². The van der Waals surface area contributed by atoms with E-state index in [-0.39, 0.29) is 24.7 Å². The van der Waals surface area contributed by atoms with Crippen LogP contribution < -0.4 is 5.32 Å². The van der Waals surface area contributed by atoms with Crippen molar-refractivity contribution in [1.82, 2.24) is 9.78 Å². The SMILES string of the molecule is CCc1nn(C)c(NC2COCC2(C)C(=O)O)c1[N+](=O)[O-]. The molecule has 0 amide bonds. The molecule has 2 atom stereocenters. The molecule has 2 N–H and O–H groups in total. The second-order valence-electron chi connectivity index (χ2n) is 5.31. The zero-order valence-corrected chi connectivity index (χ0v) is 12.1. The number of carboxylic acids is 1. The predicted molar refractivity (Wildman–Crippen MR) is 73.2 cm³/mol. The van der Waals surface area contributed by atoms with Gasteiger partial charge in [-0.25, -0.2) is 4.68 Å². The van der Waals surface area contributed by atoms with E-state index in [9.17, 15) is 20.0 Å². The minimum absolute atomic E-state index is 0.0618. The van der Waals surface area contributed by atoms with Crippen molar-refractivity contribution in [3.63, 3.8) is 0 Å². The van der Waals surface area contributed by atoms with Crippen LogP contribution in [0, 0.1) is 15.5 Å². The summed E-state index contributed by atoms with van der Waals surface area (Å²) in [6, 6.07) is -0.561. The first kappa shape index (κ1) is 15.2. The van der Waals surface area contributed by atoms with Gasteiger partial charge in [0.2, 0.25) is 5.82 Å². The van der Waals surface area contributed by atoms with Gasteiger partial charge in [0.15, 0.2) is 0 Å². The standard InChI is InChI=1S/C12H18N4O5/c1-4-7-9(16(19)20)10(15(3)14-7)13-8-5-21-6-12(8,2)11(17)18/h8,13H,4-6H2,1-3H3,(H,17,18). The smallest absolute Gasteiger partial charge is 0.333 e. The number of nitro groups is 1. The van der Waals surface area contributed by atoms with Crippen LogP contribution in [0.4, 0.5) is 11.5 Å². The maximum Gasteiger partial charge on any atom is 0.333 e. The van der Waals surface area contributed by atoms with Gasteiger partial charge < -0.3 is 15.2 Å². The molecule has 0 bridgehead atoms. The van der Waals surface area contributed by atoms with Crippen LogP contribution in [0.2, 0.25) is 0 Å². The lowest BCUT2D eigenvalue weighted by molar-refractivity contribution is -0.384. The van der Waals surface area contributed by atoms with Crippen LogP contribution in [-0.4, -0.2) is 45.0 Å². The third-order valence-electron chi connectivity index (χ3n) is 3.86. The molecular formula is C12H18N4O5. The number of ether oxygens (including phenoxy) is 1. The van der Waals surface area contributed by atoms with E-state index in [2.05, 4.69) is 10.4 Å². The zero-order valence-electron chi connectivity index (χ0n) is 12.1. The van der Waals surface area contributed by atoms with Crippen LogP contribution in [0.15, 0.2) is 0 Å². The molecule has 0 aliphatic carbocycles. The number of hydrogen-bond donors (Lipinski definition) is 2. The van der Waals surface area contributed by atoms with Crippen LogP contribution in [0.3, 0.4) is 0 Å². The minimum Gasteiger partial charge on any atom is -0.481 e. The number of aryl methyl sites for hydroxylation is 2. The maximum atomic E-state index is 11.4. The number of aromatic nitrogens is 2. The van der Waals surface area contributed by atoms with Gasteiger partial charge in [0, 0.05) is 7.05 Å². The van der Waals surface area contributed by atoms with Gasteiger partial charge in [-0.3, -0.25) is 14.9 Å². The first-order valence-electron chi connectivity index (χ1n) is 6.59.